The first kappa shape index (κ1) is 12.8. The molecule has 1 aromatic rings. The Balaban J connectivity index is 0.000000169. The summed E-state index contributed by atoms with van der Waals surface area (Å²) in [4.78, 5) is 10.7. The molecular weight excluding hydrogens is 230 g/mol. The number of nitrogens with one attached hydrogen (secondary N) is 1. The van der Waals surface area contributed by atoms with Gasteiger partial charge in [-0.3, -0.25) is 4.79 Å². The Morgan fingerprint density at radius 2 is 2.00 bits per heavy atom. The summed E-state index contributed by atoms with van der Waals surface area (Å²) in [6.45, 7) is 3.83. The molecule has 0 amide bonds. The maximum atomic E-state index is 10.7. The van der Waals surface area contributed by atoms with Crippen molar-refractivity contribution in [1.29, 1.82) is 0 Å². The predicted molar refractivity (Wildman–Crippen MR) is 69.5 cm³/mol. The molecule has 2 N–H and O–H groups in total. The molecule has 1 fully saturated rings. The molecule has 4 heteroatoms. The Hall–Kier alpha value is -1.65. The van der Waals surface area contributed by atoms with Crippen LogP contribution in [0.1, 0.15) is 17.0 Å². The minimum Gasteiger partial charge on any atom is -0.481 e. The number of aliphatic carboxylic acids is 1. The van der Waals surface area contributed by atoms with Crippen LogP contribution in [0.15, 0.2) is 30.3 Å². The van der Waals surface area contributed by atoms with Crippen molar-refractivity contribution in [2.45, 2.75) is 5.92 Å². The Labute approximate surface area is 106 Å². The highest BCUT2D eigenvalue weighted by atomic mass is 16.5. The Morgan fingerprint density at radius 1 is 1.28 bits per heavy atom. The van der Waals surface area contributed by atoms with Crippen molar-refractivity contribution in [2.24, 2.45) is 0 Å². The summed E-state index contributed by atoms with van der Waals surface area (Å²) in [5, 5.41) is 12.0. The third kappa shape index (κ3) is 3.18. The van der Waals surface area contributed by atoms with Crippen molar-refractivity contribution >= 4 is 12.0 Å². The van der Waals surface area contributed by atoms with Gasteiger partial charge in [0.1, 0.15) is 5.92 Å². The Morgan fingerprint density at radius 3 is 2.56 bits per heavy atom. The van der Waals surface area contributed by atoms with Crippen molar-refractivity contribution < 1.29 is 14.6 Å². The first-order valence-electron chi connectivity index (χ1n) is 6.07. The molecular formula is C14H17NO3. The van der Waals surface area contributed by atoms with Gasteiger partial charge in [-0.1, -0.05) is 36.4 Å². The van der Waals surface area contributed by atoms with Gasteiger partial charge in [0.15, 0.2) is 0 Å². The lowest BCUT2D eigenvalue weighted by Crippen LogP contribution is -2.30. The van der Waals surface area contributed by atoms with Gasteiger partial charge in [0, 0.05) is 13.1 Å². The summed E-state index contributed by atoms with van der Waals surface area (Å²) in [5.41, 5.74) is 1.91. The first-order valence-corrected chi connectivity index (χ1v) is 6.07. The van der Waals surface area contributed by atoms with Crippen LogP contribution in [0.25, 0.3) is 6.08 Å². The maximum absolute atomic E-state index is 10.7. The Bertz CT molecular complexity index is 427. The zero-order valence-corrected chi connectivity index (χ0v) is 10.1. The van der Waals surface area contributed by atoms with E-state index in [1.165, 1.54) is 0 Å². The van der Waals surface area contributed by atoms with E-state index in [4.69, 9.17) is 9.84 Å². The third-order valence-electron chi connectivity index (χ3n) is 2.91. The van der Waals surface area contributed by atoms with Gasteiger partial charge in [0.2, 0.25) is 0 Å². The Kier molecular flexibility index (Phi) is 4.50. The molecule has 3 rings (SSSR count). The van der Waals surface area contributed by atoms with E-state index in [-0.39, 0.29) is 0 Å². The van der Waals surface area contributed by atoms with Gasteiger partial charge in [-0.05, 0) is 11.1 Å². The van der Waals surface area contributed by atoms with Crippen LogP contribution in [-0.2, 0) is 9.53 Å². The molecule has 1 aliphatic heterocycles. The maximum Gasteiger partial charge on any atom is 0.314 e. The summed E-state index contributed by atoms with van der Waals surface area (Å²) in [7, 11) is 0. The summed E-state index contributed by atoms with van der Waals surface area (Å²) in [6.07, 6.45) is 3.57. The van der Waals surface area contributed by atoms with Crippen molar-refractivity contribution in [3.63, 3.8) is 0 Å². The SMILES string of the molecule is C1COCCN1.O=C(O)C1C=Cc2ccccc21. The highest BCUT2D eigenvalue weighted by Crippen LogP contribution is 2.29. The summed E-state index contributed by atoms with van der Waals surface area (Å²) >= 11 is 0. The fourth-order valence-electron chi connectivity index (χ4n) is 1.98. The molecule has 1 atom stereocenters. The van der Waals surface area contributed by atoms with Crippen molar-refractivity contribution in [3.8, 4) is 0 Å². The fraction of sp³-hybridized carbons (Fsp3) is 0.357. The van der Waals surface area contributed by atoms with E-state index in [0.717, 1.165) is 37.4 Å². The number of rotatable bonds is 1. The number of carboxylic acids is 1. The number of hydrogen-bond acceptors (Lipinski definition) is 3. The number of fused-ring (bicyclic) bond motifs is 1. The molecule has 18 heavy (non-hydrogen) atoms. The van der Waals surface area contributed by atoms with Gasteiger partial charge >= 0.3 is 5.97 Å². The molecule has 4 nitrogen and oxygen atoms in total. The lowest BCUT2D eigenvalue weighted by atomic mass is 10.0. The number of morpholine rings is 1. The second-order valence-electron chi connectivity index (χ2n) is 4.17. The van der Waals surface area contributed by atoms with Crippen LogP contribution in [0.5, 0.6) is 0 Å². The van der Waals surface area contributed by atoms with Crippen LogP contribution >= 0.6 is 0 Å². The van der Waals surface area contributed by atoms with E-state index in [9.17, 15) is 4.79 Å². The molecule has 96 valence electrons. The molecule has 1 aliphatic carbocycles. The van der Waals surface area contributed by atoms with E-state index in [1.54, 1.807) is 6.08 Å². The number of carboxylic acid groups (broad SMARTS) is 1. The lowest BCUT2D eigenvalue weighted by molar-refractivity contribution is -0.137. The molecule has 1 unspecified atom stereocenters. The van der Waals surface area contributed by atoms with Gasteiger partial charge in [0.25, 0.3) is 0 Å². The largest absolute Gasteiger partial charge is 0.481 e. The van der Waals surface area contributed by atoms with Crippen LogP contribution in [0.3, 0.4) is 0 Å². The van der Waals surface area contributed by atoms with Crippen molar-refractivity contribution in [2.75, 3.05) is 26.3 Å². The number of hydrogen-bond donors (Lipinski definition) is 2. The lowest BCUT2D eigenvalue weighted by Gasteiger charge is -2.10. The van der Waals surface area contributed by atoms with Gasteiger partial charge in [-0.25, -0.2) is 0 Å². The van der Waals surface area contributed by atoms with E-state index in [1.807, 2.05) is 30.3 Å². The summed E-state index contributed by atoms with van der Waals surface area (Å²) < 4.78 is 5.01. The van der Waals surface area contributed by atoms with Gasteiger partial charge in [-0.2, -0.15) is 0 Å². The number of carbonyl (C=O) groups is 1. The smallest absolute Gasteiger partial charge is 0.314 e. The summed E-state index contributed by atoms with van der Waals surface area (Å²) in [5.74, 6) is -1.22. The minimum absolute atomic E-state index is 0.443. The fourth-order valence-corrected chi connectivity index (χ4v) is 1.98. The normalized spacial score (nSPS) is 20.8. The molecule has 0 aromatic heterocycles. The highest BCUT2D eigenvalue weighted by Gasteiger charge is 2.22. The van der Waals surface area contributed by atoms with Gasteiger partial charge < -0.3 is 15.2 Å². The minimum atomic E-state index is -0.781. The number of ether oxygens (including phenoxy) is 1. The van der Waals surface area contributed by atoms with Crippen LogP contribution < -0.4 is 5.32 Å². The van der Waals surface area contributed by atoms with Crippen LogP contribution in [0.4, 0.5) is 0 Å². The van der Waals surface area contributed by atoms with Gasteiger partial charge in [-0.15, -0.1) is 0 Å². The number of benzene rings is 1. The second-order valence-corrected chi connectivity index (χ2v) is 4.17. The quantitative estimate of drug-likeness (QED) is 0.789. The van der Waals surface area contributed by atoms with Crippen molar-refractivity contribution in [1.82, 2.24) is 5.32 Å². The van der Waals surface area contributed by atoms with E-state index >= 15 is 0 Å². The van der Waals surface area contributed by atoms with Gasteiger partial charge in [0.05, 0.1) is 13.2 Å². The summed E-state index contributed by atoms with van der Waals surface area (Å²) in [6, 6.07) is 7.55. The first-order chi connectivity index (χ1) is 8.79. The average molecular weight is 247 g/mol. The van der Waals surface area contributed by atoms with E-state index in [2.05, 4.69) is 5.32 Å². The van der Waals surface area contributed by atoms with E-state index in [0.29, 0.717) is 0 Å². The third-order valence-corrected chi connectivity index (χ3v) is 2.91. The van der Waals surface area contributed by atoms with E-state index < -0.39 is 11.9 Å². The molecule has 2 aliphatic rings. The average Bonchev–Trinajstić information content (AvgIpc) is 2.85. The predicted octanol–water partition coefficient (Wildman–Crippen LogP) is 1.49. The molecule has 0 bridgehead atoms. The van der Waals surface area contributed by atoms with Crippen LogP contribution in [-0.4, -0.2) is 37.4 Å². The van der Waals surface area contributed by atoms with Crippen LogP contribution in [0, 0.1) is 0 Å². The zero-order valence-electron chi connectivity index (χ0n) is 10.1. The standard InChI is InChI=1S/C10H8O2.C4H9NO/c11-10(12)9-6-5-7-3-1-2-4-8(7)9;1-3-6-4-2-5-1/h1-6,9H,(H,11,12);5H,1-4H2. The molecule has 0 saturated carbocycles. The molecule has 1 heterocycles. The molecule has 0 spiro atoms. The van der Waals surface area contributed by atoms with Crippen molar-refractivity contribution in [3.05, 3.63) is 41.5 Å². The molecule has 1 aromatic carbocycles. The zero-order chi connectivity index (χ0) is 12.8. The monoisotopic (exact) mass is 247 g/mol. The topological polar surface area (TPSA) is 58.6 Å². The second kappa shape index (κ2) is 6.33. The molecule has 1 saturated heterocycles. The van der Waals surface area contributed by atoms with Crippen LogP contribution in [0.2, 0.25) is 0 Å². The molecule has 0 radical (unpaired) electrons. The highest BCUT2D eigenvalue weighted by molar-refractivity contribution is 5.84.